The predicted molar refractivity (Wildman–Crippen MR) is 114 cm³/mol. The lowest BCUT2D eigenvalue weighted by Crippen LogP contribution is -2.34. The molecule has 0 saturated carbocycles. The standard InChI is InChI=1S/C19H17ClN4O4S/c20-12-6-4-11(5-7-12)9-29-10-16(26)21-8-15(25)22-14-3-1-2-13-17(14)19(28)24-23-18(13)27/h1-7H,8-10H2,(H,21,26)(H,22,25)(H,23,27)(H,24,28). The number of rotatable bonds is 7. The van der Waals surface area contributed by atoms with Gasteiger partial charge in [0.1, 0.15) is 0 Å². The maximum atomic E-state index is 12.1. The predicted octanol–water partition coefficient (Wildman–Crippen LogP) is 1.86. The van der Waals surface area contributed by atoms with Crippen LogP contribution in [-0.2, 0) is 15.3 Å². The molecule has 8 nitrogen and oxygen atoms in total. The molecular weight excluding hydrogens is 416 g/mol. The SMILES string of the molecule is O=C(CSCc1ccc(Cl)cc1)NCC(=O)Nc1cccc2c(=O)[nH][nH]c(=O)c12. The van der Waals surface area contributed by atoms with E-state index in [0.29, 0.717) is 10.8 Å². The number of aromatic nitrogens is 2. The Bertz CT molecular complexity index is 1160. The number of aromatic amines is 2. The Labute approximate surface area is 174 Å². The van der Waals surface area contributed by atoms with Gasteiger partial charge in [0.05, 0.1) is 28.8 Å². The molecule has 150 valence electrons. The zero-order valence-electron chi connectivity index (χ0n) is 15.1. The largest absolute Gasteiger partial charge is 0.346 e. The first-order chi connectivity index (χ1) is 13.9. The van der Waals surface area contributed by atoms with Crippen molar-refractivity contribution in [1.82, 2.24) is 15.5 Å². The number of hydrogen-bond acceptors (Lipinski definition) is 5. The van der Waals surface area contributed by atoms with Gasteiger partial charge in [0.2, 0.25) is 11.8 Å². The van der Waals surface area contributed by atoms with Gasteiger partial charge in [-0.3, -0.25) is 29.4 Å². The molecule has 1 heterocycles. The van der Waals surface area contributed by atoms with Gasteiger partial charge in [-0.2, -0.15) is 0 Å². The Morgan fingerprint density at radius 1 is 0.966 bits per heavy atom. The number of thioether (sulfide) groups is 1. The zero-order chi connectivity index (χ0) is 20.8. The van der Waals surface area contributed by atoms with Gasteiger partial charge in [0.15, 0.2) is 0 Å². The second-order valence-corrected chi connectivity index (χ2v) is 7.50. The summed E-state index contributed by atoms with van der Waals surface area (Å²) in [4.78, 5) is 47.9. The summed E-state index contributed by atoms with van der Waals surface area (Å²) in [6, 6.07) is 11.9. The minimum absolute atomic E-state index is 0.0782. The summed E-state index contributed by atoms with van der Waals surface area (Å²) in [5.74, 6) is 0.0446. The molecule has 3 rings (SSSR count). The highest BCUT2D eigenvalue weighted by Crippen LogP contribution is 2.17. The number of carbonyl (C=O) groups is 2. The molecule has 2 amide bonds. The summed E-state index contributed by atoms with van der Waals surface area (Å²) >= 11 is 7.24. The van der Waals surface area contributed by atoms with Crippen molar-refractivity contribution in [3.63, 3.8) is 0 Å². The van der Waals surface area contributed by atoms with Crippen LogP contribution >= 0.6 is 23.4 Å². The van der Waals surface area contributed by atoms with Crippen molar-refractivity contribution in [3.05, 3.63) is 73.8 Å². The Balaban J connectivity index is 1.51. The third-order valence-corrected chi connectivity index (χ3v) is 5.22. The van der Waals surface area contributed by atoms with Gasteiger partial charge in [0, 0.05) is 10.8 Å². The maximum absolute atomic E-state index is 12.1. The van der Waals surface area contributed by atoms with Crippen LogP contribution in [0.15, 0.2) is 52.1 Å². The van der Waals surface area contributed by atoms with Crippen molar-refractivity contribution in [1.29, 1.82) is 0 Å². The average Bonchev–Trinajstić information content (AvgIpc) is 2.71. The van der Waals surface area contributed by atoms with Crippen LogP contribution in [0, 0.1) is 0 Å². The molecule has 0 unspecified atom stereocenters. The minimum atomic E-state index is -0.530. The maximum Gasteiger partial charge on any atom is 0.272 e. The number of fused-ring (bicyclic) bond motifs is 1. The van der Waals surface area contributed by atoms with Crippen LogP contribution in [0.4, 0.5) is 5.69 Å². The lowest BCUT2D eigenvalue weighted by Gasteiger charge is -2.09. The van der Waals surface area contributed by atoms with E-state index in [9.17, 15) is 19.2 Å². The van der Waals surface area contributed by atoms with E-state index in [1.165, 1.54) is 23.9 Å². The van der Waals surface area contributed by atoms with Crippen molar-refractivity contribution < 1.29 is 9.59 Å². The highest BCUT2D eigenvalue weighted by Gasteiger charge is 2.12. The first-order valence-electron chi connectivity index (χ1n) is 8.56. The molecule has 0 atom stereocenters. The monoisotopic (exact) mass is 432 g/mol. The van der Waals surface area contributed by atoms with Crippen molar-refractivity contribution in [2.24, 2.45) is 0 Å². The fourth-order valence-electron chi connectivity index (χ4n) is 2.60. The van der Waals surface area contributed by atoms with E-state index in [2.05, 4.69) is 20.8 Å². The summed E-state index contributed by atoms with van der Waals surface area (Å²) in [5.41, 5.74) is 0.243. The van der Waals surface area contributed by atoms with E-state index in [1.54, 1.807) is 18.2 Å². The quantitative estimate of drug-likeness (QED) is 0.453. The van der Waals surface area contributed by atoms with E-state index in [0.717, 1.165) is 5.56 Å². The number of benzene rings is 2. The van der Waals surface area contributed by atoms with Crippen LogP contribution < -0.4 is 21.8 Å². The van der Waals surface area contributed by atoms with Crippen LogP contribution in [0.3, 0.4) is 0 Å². The Kier molecular flexibility index (Phi) is 6.73. The smallest absolute Gasteiger partial charge is 0.272 e. The molecule has 0 aliphatic heterocycles. The van der Waals surface area contributed by atoms with E-state index < -0.39 is 17.0 Å². The van der Waals surface area contributed by atoms with E-state index >= 15 is 0 Å². The number of hydrogen-bond donors (Lipinski definition) is 4. The third kappa shape index (κ3) is 5.49. The van der Waals surface area contributed by atoms with Gasteiger partial charge in [-0.05, 0) is 29.8 Å². The summed E-state index contributed by atoms with van der Waals surface area (Å²) in [6.07, 6.45) is 0. The normalized spacial score (nSPS) is 10.7. The van der Waals surface area contributed by atoms with E-state index in [-0.39, 0.29) is 34.7 Å². The minimum Gasteiger partial charge on any atom is -0.346 e. The van der Waals surface area contributed by atoms with Gasteiger partial charge in [-0.1, -0.05) is 29.8 Å². The van der Waals surface area contributed by atoms with Crippen LogP contribution in [0.2, 0.25) is 5.02 Å². The van der Waals surface area contributed by atoms with Crippen LogP contribution in [0.25, 0.3) is 10.8 Å². The van der Waals surface area contributed by atoms with Crippen LogP contribution in [0.5, 0.6) is 0 Å². The Hall–Kier alpha value is -3.04. The summed E-state index contributed by atoms with van der Waals surface area (Å²) in [5, 5.41) is 10.4. The molecule has 4 N–H and O–H groups in total. The van der Waals surface area contributed by atoms with E-state index in [4.69, 9.17) is 11.6 Å². The number of halogens is 1. The molecule has 0 spiro atoms. The number of carbonyl (C=O) groups excluding carboxylic acids is 2. The fourth-order valence-corrected chi connectivity index (χ4v) is 3.54. The van der Waals surface area contributed by atoms with Crippen molar-refractivity contribution in [2.45, 2.75) is 5.75 Å². The molecule has 0 saturated heterocycles. The first-order valence-corrected chi connectivity index (χ1v) is 10.1. The zero-order valence-corrected chi connectivity index (χ0v) is 16.7. The second-order valence-electron chi connectivity index (χ2n) is 6.08. The van der Waals surface area contributed by atoms with Gasteiger partial charge < -0.3 is 10.6 Å². The number of anilines is 1. The second kappa shape index (κ2) is 9.44. The number of amides is 2. The van der Waals surface area contributed by atoms with Crippen molar-refractivity contribution >= 4 is 51.6 Å². The highest BCUT2D eigenvalue weighted by molar-refractivity contribution is 7.99. The summed E-state index contributed by atoms with van der Waals surface area (Å²) in [6.45, 7) is -0.252. The molecule has 1 aromatic heterocycles. The van der Waals surface area contributed by atoms with Crippen molar-refractivity contribution in [2.75, 3.05) is 17.6 Å². The Morgan fingerprint density at radius 2 is 1.69 bits per heavy atom. The van der Waals surface area contributed by atoms with Crippen LogP contribution in [0.1, 0.15) is 5.56 Å². The van der Waals surface area contributed by atoms with Gasteiger partial charge in [-0.15, -0.1) is 11.8 Å². The van der Waals surface area contributed by atoms with Crippen molar-refractivity contribution in [3.8, 4) is 0 Å². The average molecular weight is 433 g/mol. The summed E-state index contributed by atoms with van der Waals surface area (Å²) < 4.78 is 0. The highest BCUT2D eigenvalue weighted by atomic mass is 35.5. The molecule has 0 aliphatic rings. The molecule has 2 aromatic carbocycles. The third-order valence-electron chi connectivity index (χ3n) is 3.96. The van der Waals surface area contributed by atoms with Gasteiger partial charge in [-0.25, -0.2) is 0 Å². The number of nitrogens with one attached hydrogen (secondary N) is 4. The Morgan fingerprint density at radius 3 is 2.45 bits per heavy atom. The van der Waals surface area contributed by atoms with Gasteiger partial charge >= 0.3 is 0 Å². The molecular formula is C19H17ClN4O4S. The molecule has 0 aliphatic carbocycles. The lowest BCUT2D eigenvalue weighted by molar-refractivity contribution is -0.122. The van der Waals surface area contributed by atoms with Gasteiger partial charge in [0.25, 0.3) is 11.1 Å². The molecule has 0 fully saturated rings. The molecule has 29 heavy (non-hydrogen) atoms. The topological polar surface area (TPSA) is 124 Å². The van der Waals surface area contributed by atoms with E-state index in [1.807, 2.05) is 12.1 Å². The molecule has 3 aromatic rings. The lowest BCUT2D eigenvalue weighted by atomic mass is 10.1. The first kappa shape index (κ1) is 20.7. The number of H-pyrrole nitrogens is 2. The molecule has 0 bridgehead atoms. The molecule has 0 radical (unpaired) electrons. The molecule has 10 heteroatoms. The fraction of sp³-hybridized carbons (Fsp3) is 0.158. The van der Waals surface area contributed by atoms with Crippen LogP contribution in [-0.4, -0.2) is 34.3 Å². The summed E-state index contributed by atoms with van der Waals surface area (Å²) in [7, 11) is 0.